The lowest BCUT2D eigenvalue weighted by Crippen LogP contribution is -2.13. The predicted octanol–water partition coefficient (Wildman–Crippen LogP) is 3.74. The van der Waals surface area contributed by atoms with E-state index in [0.717, 1.165) is 17.0 Å². The van der Waals surface area contributed by atoms with E-state index in [1.54, 1.807) is 6.07 Å². The fourth-order valence-corrected chi connectivity index (χ4v) is 4.23. The van der Waals surface area contributed by atoms with Gasteiger partial charge >= 0.3 is 0 Å². The summed E-state index contributed by atoms with van der Waals surface area (Å²) >= 11 is 6.73. The number of sulfonamides is 1. The molecule has 9 heteroatoms. The average molecular weight is 367 g/mol. The van der Waals surface area contributed by atoms with Crippen molar-refractivity contribution in [1.82, 2.24) is 10.2 Å². The van der Waals surface area contributed by atoms with E-state index < -0.39 is 10.0 Å². The maximum absolute atomic E-state index is 12.1. The number of benzene rings is 1. The highest BCUT2D eigenvalue weighted by Gasteiger charge is 2.17. The van der Waals surface area contributed by atoms with Crippen molar-refractivity contribution in [3.63, 3.8) is 0 Å². The van der Waals surface area contributed by atoms with Crippen molar-refractivity contribution < 1.29 is 8.42 Å². The number of para-hydroxylation sites is 1. The van der Waals surface area contributed by atoms with E-state index in [1.165, 1.54) is 18.2 Å². The van der Waals surface area contributed by atoms with Crippen LogP contribution in [0.1, 0.15) is 0 Å². The molecule has 0 saturated carbocycles. The molecule has 0 spiro atoms. The molecule has 0 fully saturated rings. The van der Waals surface area contributed by atoms with Gasteiger partial charge in [-0.25, -0.2) is 8.42 Å². The number of rotatable bonds is 5. The van der Waals surface area contributed by atoms with Crippen LogP contribution >= 0.6 is 22.9 Å². The lowest BCUT2D eigenvalue weighted by molar-refractivity contribution is 0.603. The minimum atomic E-state index is -3.70. The quantitative estimate of drug-likeness (QED) is 0.718. The second-order valence-electron chi connectivity index (χ2n) is 4.46. The van der Waals surface area contributed by atoms with Gasteiger partial charge in [0.1, 0.15) is 4.21 Å². The Morgan fingerprint density at radius 2 is 1.61 bits per heavy atom. The zero-order chi connectivity index (χ0) is 16.3. The maximum atomic E-state index is 12.1. The van der Waals surface area contributed by atoms with Crippen LogP contribution < -0.4 is 10.0 Å². The molecule has 118 valence electrons. The number of hydrogen-bond acceptors (Lipinski definition) is 6. The molecule has 0 bridgehead atoms. The Morgan fingerprint density at radius 1 is 0.913 bits per heavy atom. The smallest absolute Gasteiger partial charge is 0.272 e. The van der Waals surface area contributed by atoms with Crippen molar-refractivity contribution in [1.29, 1.82) is 0 Å². The van der Waals surface area contributed by atoms with Crippen LogP contribution in [-0.4, -0.2) is 18.6 Å². The van der Waals surface area contributed by atoms with Crippen LogP contribution in [0.25, 0.3) is 0 Å². The summed E-state index contributed by atoms with van der Waals surface area (Å²) in [5, 5.41) is 10.9. The molecule has 3 aromatic rings. The van der Waals surface area contributed by atoms with Gasteiger partial charge < -0.3 is 5.32 Å². The highest BCUT2D eigenvalue weighted by atomic mass is 35.5. The van der Waals surface area contributed by atoms with Gasteiger partial charge in [-0.3, -0.25) is 4.72 Å². The van der Waals surface area contributed by atoms with Crippen LogP contribution in [-0.2, 0) is 10.0 Å². The molecule has 0 aliphatic heterocycles. The molecule has 0 amide bonds. The third-order valence-corrected chi connectivity index (χ3v) is 5.84. The Balaban J connectivity index is 1.72. The fraction of sp³-hybridized carbons (Fsp3) is 0. The van der Waals surface area contributed by atoms with Gasteiger partial charge in [0.2, 0.25) is 0 Å². The molecule has 23 heavy (non-hydrogen) atoms. The third-order valence-electron chi connectivity index (χ3n) is 2.76. The highest BCUT2D eigenvalue weighted by Crippen LogP contribution is 2.26. The van der Waals surface area contributed by atoms with Crippen LogP contribution in [0.5, 0.6) is 0 Å². The SMILES string of the molecule is O=S(=O)(Nc1ccc(Nc2ccccc2)nn1)c1ccc(Cl)s1. The van der Waals surface area contributed by atoms with Gasteiger partial charge in [0.05, 0.1) is 4.34 Å². The Labute approximate surface area is 142 Å². The molecule has 0 radical (unpaired) electrons. The van der Waals surface area contributed by atoms with Gasteiger partial charge in [0.25, 0.3) is 10.0 Å². The van der Waals surface area contributed by atoms with Crippen LogP contribution in [0.2, 0.25) is 4.34 Å². The number of nitrogens with zero attached hydrogens (tertiary/aromatic N) is 2. The molecule has 6 nitrogen and oxygen atoms in total. The Morgan fingerprint density at radius 3 is 2.22 bits per heavy atom. The van der Waals surface area contributed by atoms with E-state index >= 15 is 0 Å². The number of halogens is 1. The predicted molar refractivity (Wildman–Crippen MR) is 91.9 cm³/mol. The van der Waals surface area contributed by atoms with Crippen LogP contribution in [0.15, 0.2) is 58.8 Å². The largest absolute Gasteiger partial charge is 0.339 e. The summed E-state index contributed by atoms with van der Waals surface area (Å²) in [6, 6.07) is 15.6. The Kier molecular flexibility index (Phi) is 4.46. The number of nitrogens with one attached hydrogen (secondary N) is 2. The van der Waals surface area contributed by atoms with E-state index in [2.05, 4.69) is 20.2 Å². The zero-order valence-electron chi connectivity index (χ0n) is 11.6. The molecule has 2 N–H and O–H groups in total. The van der Waals surface area contributed by atoms with Gasteiger partial charge in [-0.2, -0.15) is 0 Å². The molecule has 0 saturated heterocycles. The van der Waals surface area contributed by atoms with Gasteiger partial charge in [-0.1, -0.05) is 29.8 Å². The van der Waals surface area contributed by atoms with Crippen molar-refractivity contribution in [3.8, 4) is 0 Å². The van der Waals surface area contributed by atoms with Crippen molar-refractivity contribution in [2.45, 2.75) is 4.21 Å². The van der Waals surface area contributed by atoms with Crippen molar-refractivity contribution in [2.24, 2.45) is 0 Å². The first-order valence-electron chi connectivity index (χ1n) is 6.47. The third kappa shape index (κ3) is 3.98. The molecular weight excluding hydrogens is 356 g/mol. The van der Waals surface area contributed by atoms with E-state index in [1.807, 2.05) is 30.3 Å². The monoisotopic (exact) mass is 366 g/mol. The molecule has 2 aromatic heterocycles. The lowest BCUT2D eigenvalue weighted by Gasteiger charge is -2.07. The summed E-state index contributed by atoms with van der Waals surface area (Å²) in [7, 11) is -3.70. The molecule has 1 aromatic carbocycles. The summed E-state index contributed by atoms with van der Waals surface area (Å²) < 4.78 is 27.2. The zero-order valence-corrected chi connectivity index (χ0v) is 14.0. The molecule has 2 heterocycles. The minimum absolute atomic E-state index is 0.121. The van der Waals surface area contributed by atoms with E-state index in [-0.39, 0.29) is 10.0 Å². The van der Waals surface area contributed by atoms with Gasteiger partial charge in [-0.05, 0) is 36.4 Å². The number of anilines is 3. The Bertz CT molecular complexity index is 896. The van der Waals surface area contributed by atoms with Crippen LogP contribution in [0.4, 0.5) is 17.3 Å². The first kappa shape index (κ1) is 15.7. The standard InChI is InChI=1S/C14H11ClN4O2S2/c15-11-6-9-14(22-11)23(20,21)19-13-8-7-12(17-18-13)16-10-4-2-1-3-5-10/h1-9H,(H,16,17)(H,18,19). The first-order valence-corrected chi connectivity index (χ1v) is 9.15. The highest BCUT2D eigenvalue weighted by molar-refractivity contribution is 7.94. The van der Waals surface area contributed by atoms with Gasteiger partial charge in [-0.15, -0.1) is 21.5 Å². The van der Waals surface area contributed by atoms with Crippen molar-refractivity contribution in [2.75, 3.05) is 10.0 Å². The van der Waals surface area contributed by atoms with Crippen molar-refractivity contribution >= 4 is 50.3 Å². The molecule has 0 aliphatic rings. The van der Waals surface area contributed by atoms with E-state index in [9.17, 15) is 8.42 Å². The summed E-state index contributed by atoms with van der Waals surface area (Å²) in [4.78, 5) is 0. The Hall–Kier alpha value is -2.16. The molecule has 0 aliphatic carbocycles. The van der Waals surface area contributed by atoms with Gasteiger partial charge in [0, 0.05) is 5.69 Å². The number of aromatic nitrogens is 2. The number of thiophene rings is 1. The summed E-state index contributed by atoms with van der Waals surface area (Å²) in [5.41, 5.74) is 0.864. The second kappa shape index (κ2) is 6.53. The summed E-state index contributed by atoms with van der Waals surface area (Å²) in [5.74, 6) is 0.645. The molecule has 0 atom stereocenters. The normalized spacial score (nSPS) is 11.2. The van der Waals surface area contributed by atoms with Gasteiger partial charge in [0.15, 0.2) is 11.6 Å². The summed E-state index contributed by atoms with van der Waals surface area (Å²) in [6.45, 7) is 0. The first-order chi connectivity index (χ1) is 11.0. The average Bonchev–Trinajstić information content (AvgIpc) is 2.98. The van der Waals surface area contributed by atoms with Crippen LogP contribution in [0.3, 0.4) is 0 Å². The van der Waals surface area contributed by atoms with Crippen LogP contribution in [0, 0.1) is 0 Å². The molecular formula is C14H11ClN4O2S2. The lowest BCUT2D eigenvalue weighted by atomic mass is 10.3. The van der Waals surface area contributed by atoms with E-state index in [0.29, 0.717) is 10.2 Å². The topological polar surface area (TPSA) is 84.0 Å². The van der Waals surface area contributed by atoms with Crippen molar-refractivity contribution in [3.05, 3.63) is 58.9 Å². The molecule has 0 unspecified atom stereocenters. The van der Waals surface area contributed by atoms with E-state index in [4.69, 9.17) is 11.6 Å². The minimum Gasteiger partial charge on any atom is -0.339 e. The summed E-state index contributed by atoms with van der Waals surface area (Å²) in [6.07, 6.45) is 0. The second-order valence-corrected chi connectivity index (χ2v) is 8.08. The maximum Gasteiger partial charge on any atom is 0.272 e. The number of hydrogen-bond donors (Lipinski definition) is 2. The molecule has 3 rings (SSSR count). The fourth-order valence-electron chi connectivity index (χ4n) is 1.75.